The van der Waals surface area contributed by atoms with Gasteiger partial charge in [-0.2, -0.15) is 0 Å². The Labute approximate surface area is 385 Å². The zero-order valence-electron chi connectivity index (χ0n) is 35.5. The minimum absolute atomic E-state index is 0.0470. The van der Waals surface area contributed by atoms with Crippen LogP contribution in [0.25, 0.3) is 43.9 Å². The van der Waals surface area contributed by atoms with Crippen molar-refractivity contribution in [3.63, 3.8) is 0 Å². The molecule has 8 aromatic rings. The average Bonchev–Trinajstić information content (AvgIpc) is 3.84. The topological polar surface area (TPSA) is 186 Å². The third kappa shape index (κ3) is 7.05. The maximum Gasteiger partial charge on any atom is 0.270 e. The zero-order chi connectivity index (χ0) is 44.8. The van der Waals surface area contributed by atoms with Gasteiger partial charge >= 0.3 is 0 Å². The van der Waals surface area contributed by atoms with Crippen molar-refractivity contribution in [1.29, 1.82) is 0 Å². The fraction of sp³-hybridized carbons (Fsp3) is 0.208. The van der Waals surface area contributed by atoms with Crippen molar-refractivity contribution in [2.45, 2.75) is 64.2 Å². The van der Waals surface area contributed by atoms with Gasteiger partial charge < -0.3 is 19.8 Å². The lowest BCUT2D eigenvalue weighted by Gasteiger charge is -2.16. The number of thiophene rings is 2. The van der Waals surface area contributed by atoms with E-state index in [9.17, 15) is 19.2 Å². The first-order valence-corrected chi connectivity index (χ1v) is 23.2. The number of carbonyl (C=O) groups is 4. The predicted octanol–water partition coefficient (Wildman–Crippen LogP) is 8.75. The van der Waals surface area contributed by atoms with Crippen molar-refractivity contribution in [3.8, 4) is 43.9 Å². The highest BCUT2D eigenvalue weighted by Gasteiger charge is 2.42. The molecule has 16 nitrogen and oxygen atoms in total. The summed E-state index contributed by atoms with van der Waals surface area (Å²) in [6.07, 6.45) is 6.48. The summed E-state index contributed by atoms with van der Waals surface area (Å²) in [7, 11) is 0. The Balaban J connectivity index is 0.753. The molecule has 2 fully saturated rings. The molecule has 18 heteroatoms. The van der Waals surface area contributed by atoms with E-state index in [1.165, 1.54) is 36.5 Å². The maximum atomic E-state index is 13.9. The number of hydrogen-bond donors (Lipinski definition) is 2. The van der Waals surface area contributed by atoms with Crippen LogP contribution in [0, 0.1) is 0 Å². The molecule has 12 rings (SSSR count). The third-order valence-electron chi connectivity index (χ3n) is 12.3. The van der Waals surface area contributed by atoms with Crippen molar-refractivity contribution in [3.05, 3.63) is 130 Å². The molecule has 2 unspecified atom stereocenters. The van der Waals surface area contributed by atoms with Crippen LogP contribution in [0.2, 0.25) is 0 Å². The number of amides is 4. The molecule has 8 heterocycles. The molecular formula is C48H38N12O4S2. The highest BCUT2D eigenvalue weighted by molar-refractivity contribution is 7.18. The van der Waals surface area contributed by atoms with E-state index in [1.54, 1.807) is 22.5 Å². The Kier molecular flexibility index (Phi) is 9.35. The molecule has 0 saturated heterocycles. The minimum Gasteiger partial charge on any atom is -0.326 e. The number of pyridine rings is 2. The normalized spacial score (nSPS) is 17.3. The van der Waals surface area contributed by atoms with Gasteiger partial charge in [0.05, 0.1) is 22.8 Å². The van der Waals surface area contributed by atoms with Gasteiger partial charge in [0.1, 0.15) is 35.7 Å². The predicted molar refractivity (Wildman–Crippen MR) is 250 cm³/mol. The van der Waals surface area contributed by atoms with Crippen LogP contribution in [-0.4, -0.2) is 63.1 Å². The number of hydrogen-bond acceptors (Lipinski definition) is 12. The second kappa shape index (κ2) is 15.5. The highest BCUT2D eigenvalue weighted by atomic mass is 32.1. The highest BCUT2D eigenvalue weighted by Crippen LogP contribution is 2.54. The summed E-state index contributed by atoms with van der Waals surface area (Å²) in [6.45, 7) is 3.74. The summed E-state index contributed by atoms with van der Waals surface area (Å²) >= 11 is 2.85. The molecule has 4 amide bonds. The van der Waals surface area contributed by atoms with E-state index in [0.29, 0.717) is 74.9 Å². The van der Waals surface area contributed by atoms with Crippen LogP contribution < -0.4 is 20.4 Å². The van der Waals surface area contributed by atoms with Crippen LogP contribution in [0.15, 0.2) is 104 Å². The lowest BCUT2D eigenvalue weighted by molar-refractivity contribution is -0.115. The third-order valence-corrected chi connectivity index (χ3v) is 14.8. The molecule has 6 aromatic heterocycles. The van der Waals surface area contributed by atoms with E-state index in [-0.39, 0.29) is 35.6 Å². The first-order chi connectivity index (χ1) is 32.1. The Morgan fingerprint density at radius 2 is 1.27 bits per heavy atom. The number of benzene rings is 2. The summed E-state index contributed by atoms with van der Waals surface area (Å²) in [5, 5.41) is 23.1. The summed E-state index contributed by atoms with van der Waals surface area (Å²) < 4.78 is 4.10. The van der Waals surface area contributed by atoms with Gasteiger partial charge in [-0.15, -0.1) is 43.1 Å². The molecule has 66 heavy (non-hydrogen) atoms. The number of rotatable bonds is 11. The molecule has 0 spiro atoms. The average molecular weight is 911 g/mol. The molecule has 4 aliphatic rings. The van der Waals surface area contributed by atoms with Gasteiger partial charge in [0, 0.05) is 58.5 Å². The Morgan fingerprint density at radius 1 is 0.667 bits per heavy atom. The molecule has 0 radical (unpaired) electrons. The molecule has 2 atom stereocenters. The molecule has 326 valence electrons. The summed E-state index contributed by atoms with van der Waals surface area (Å²) in [5.74, 6) is 1.95. The summed E-state index contributed by atoms with van der Waals surface area (Å²) in [4.78, 5) is 68.2. The van der Waals surface area contributed by atoms with Crippen LogP contribution in [0.5, 0.6) is 0 Å². The van der Waals surface area contributed by atoms with Gasteiger partial charge in [0.15, 0.2) is 11.6 Å². The van der Waals surface area contributed by atoms with Gasteiger partial charge in [-0.25, -0.2) is 9.97 Å². The Bertz CT molecular complexity index is 3330. The second-order valence-corrected chi connectivity index (χ2v) is 19.1. The van der Waals surface area contributed by atoms with Gasteiger partial charge in [0.2, 0.25) is 11.8 Å². The van der Waals surface area contributed by atoms with Crippen LogP contribution in [0.1, 0.15) is 87.1 Å². The van der Waals surface area contributed by atoms with Crippen molar-refractivity contribution >= 4 is 69.3 Å². The second-order valence-electron chi connectivity index (χ2n) is 17.0. The van der Waals surface area contributed by atoms with E-state index >= 15 is 0 Å². The van der Waals surface area contributed by atoms with Crippen LogP contribution in [0.4, 0.5) is 23.0 Å². The Hall–Kier alpha value is -7.70. The summed E-state index contributed by atoms with van der Waals surface area (Å²) in [5.41, 5.74) is 7.32. The van der Waals surface area contributed by atoms with E-state index < -0.39 is 0 Å². The quantitative estimate of drug-likeness (QED) is 0.127. The van der Waals surface area contributed by atoms with E-state index in [4.69, 9.17) is 9.97 Å². The van der Waals surface area contributed by atoms with Crippen molar-refractivity contribution < 1.29 is 19.2 Å². The molecular weight excluding hydrogens is 873 g/mol. The van der Waals surface area contributed by atoms with E-state index in [0.717, 1.165) is 56.8 Å². The van der Waals surface area contributed by atoms with E-state index in [2.05, 4.69) is 41.7 Å². The first kappa shape index (κ1) is 39.9. The smallest absolute Gasteiger partial charge is 0.270 e. The fourth-order valence-electron chi connectivity index (χ4n) is 9.04. The lowest BCUT2D eigenvalue weighted by atomic mass is 10.0. The van der Waals surface area contributed by atoms with Crippen molar-refractivity contribution in [2.24, 2.45) is 0 Å². The van der Waals surface area contributed by atoms with Gasteiger partial charge in [0.25, 0.3) is 11.8 Å². The van der Waals surface area contributed by atoms with Gasteiger partial charge in [-0.1, -0.05) is 36.4 Å². The number of nitrogens with one attached hydrogen (secondary N) is 2. The monoisotopic (exact) mass is 910 g/mol. The standard InChI is InChI=1S/C48H38N12O4S2/c1-25(61)51-31-7-3-6-28(16-31)39-18-29-21-57(47(63)43(29)65-39)42-11-5-9-36(54-42)46-56-50-24-60(46)38-20-34(38)27-12-15-33(37(17-27)52-26(2)62)40-19-30-22-58(48(64)44(30)66-40)41-10-4-8-35(53-41)45-55-49-23-59(45)32-13-14-32/h3-12,15-19,23-24,32,34,38H,13-14,20-22H2,1-2H3,(H,51,61)(H,52,62). The SMILES string of the molecule is CC(=O)Nc1cccc(-c2cc3c(s2)C(=O)N(c2cccc(-c4nncn4C4CC4c4ccc(-c5cc6c(s5)C(=O)N(c5cccc(-c7nncn7C7CC7)n5)C6)c(NC(C)=O)c4)n2)C3)c1. The lowest BCUT2D eigenvalue weighted by Crippen LogP contribution is -2.24. The molecule has 2 saturated carbocycles. The molecule has 2 N–H and O–H groups in total. The number of aromatic nitrogens is 8. The molecule has 2 aliphatic heterocycles. The molecule has 0 bridgehead atoms. The van der Waals surface area contributed by atoms with Gasteiger partial charge in [-0.05, 0) is 96.1 Å². The first-order valence-electron chi connectivity index (χ1n) is 21.6. The van der Waals surface area contributed by atoms with Crippen LogP contribution >= 0.6 is 22.7 Å². The minimum atomic E-state index is -0.192. The number of carbonyl (C=O) groups excluding carboxylic acids is 4. The molecule has 2 aliphatic carbocycles. The van der Waals surface area contributed by atoms with Crippen LogP contribution in [-0.2, 0) is 22.7 Å². The maximum absolute atomic E-state index is 13.9. The Morgan fingerprint density at radius 3 is 1.91 bits per heavy atom. The van der Waals surface area contributed by atoms with Crippen molar-refractivity contribution in [1.82, 2.24) is 39.5 Å². The fourth-order valence-corrected chi connectivity index (χ4v) is 11.3. The number of anilines is 4. The summed E-state index contributed by atoms with van der Waals surface area (Å²) in [6, 6.07) is 29.5. The largest absolute Gasteiger partial charge is 0.326 e. The number of nitrogens with zero attached hydrogens (tertiary/aromatic N) is 10. The van der Waals surface area contributed by atoms with E-state index in [1.807, 2.05) is 89.5 Å². The number of fused-ring (bicyclic) bond motifs is 2. The van der Waals surface area contributed by atoms with Crippen LogP contribution in [0.3, 0.4) is 0 Å². The molecule has 2 aromatic carbocycles. The van der Waals surface area contributed by atoms with Gasteiger partial charge in [-0.3, -0.25) is 29.0 Å². The van der Waals surface area contributed by atoms with Crippen molar-refractivity contribution in [2.75, 3.05) is 20.4 Å². The zero-order valence-corrected chi connectivity index (χ0v) is 37.1.